The Hall–Kier alpha value is -3.08. The van der Waals surface area contributed by atoms with Gasteiger partial charge in [0.15, 0.2) is 0 Å². The molecule has 0 atom stereocenters. The van der Waals surface area contributed by atoms with Crippen molar-refractivity contribution in [3.8, 4) is 5.75 Å². The van der Waals surface area contributed by atoms with E-state index in [-0.39, 0.29) is 5.75 Å². The predicted octanol–water partition coefficient (Wildman–Crippen LogP) is 4.44. The second-order valence-electron chi connectivity index (χ2n) is 4.92. The maximum Gasteiger partial charge on any atom is 0.222 e. The van der Waals surface area contributed by atoms with E-state index in [2.05, 4.69) is 10.3 Å². The highest BCUT2D eigenvalue weighted by atomic mass is 19.1. The highest BCUT2D eigenvalue weighted by molar-refractivity contribution is 5.81. The maximum absolute atomic E-state index is 13.7. The fourth-order valence-corrected chi connectivity index (χ4v) is 2.15. The minimum absolute atomic E-state index is 0.196. The summed E-state index contributed by atoms with van der Waals surface area (Å²) in [5.41, 5.74) is 1.10. The fourth-order valence-electron chi connectivity index (χ4n) is 2.15. The molecular formula is C18H15FN2O2. The van der Waals surface area contributed by atoms with Crippen molar-refractivity contribution < 1.29 is 13.9 Å². The van der Waals surface area contributed by atoms with Gasteiger partial charge in [0.05, 0.1) is 0 Å². The number of fused-ring (bicyclic) bond motifs is 1. The van der Waals surface area contributed by atoms with Gasteiger partial charge in [-0.15, -0.1) is 0 Å². The van der Waals surface area contributed by atoms with Crippen LogP contribution in [0, 0.1) is 5.95 Å². The highest BCUT2D eigenvalue weighted by Gasteiger charge is 2.02. The van der Waals surface area contributed by atoms with Gasteiger partial charge in [0.25, 0.3) is 0 Å². The summed E-state index contributed by atoms with van der Waals surface area (Å²) in [5, 5.41) is 13.0. The van der Waals surface area contributed by atoms with E-state index in [0.717, 1.165) is 5.39 Å². The summed E-state index contributed by atoms with van der Waals surface area (Å²) in [6.45, 7) is 0. The van der Waals surface area contributed by atoms with E-state index < -0.39 is 5.95 Å². The van der Waals surface area contributed by atoms with Crippen molar-refractivity contribution >= 4 is 28.9 Å². The SMILES string of the molecule is CNc1ccc(C=CC=Cc2cc3cc(O)ccc3o2)c(F)n1. The number of allylic oxidation sites excluding steroid dienone is 2. The maximum atomic E-state index is 13.7. The van der Waals surface area contributed by atoms with Crippen LogP contribution in [0.15, 0.2) is 53.0 Å². The molecule has 0 radical (unpaired) electrons. The molecule has 116 valence electrons. The van der Waals surface area contributed by atoms with Gasteiger partial charge in [0.1, 0.15) is 22.9 Å². The first-order valence-electron chi connectivity index (χ1n) is 7.07. The summed E-state index contributed by atoms with van der Waals surface area (Å²) in [4.78, 5) is 3.77. The lowest BCUT2D eigenvalue weighted by Crippen LogP contribution is -1.95. The first kappa shape index (κ1) is 14.8. The predicted molar refractivity (Wildman–Crippen MR) is 89.7 cm³/mol. The average Bonchev–Trinajstić information content (AvgIpc) is 2.94. The monoisotopic (exact) mass is 310 g/mol. The normalized spacial score (nSPS) is 11.7. The lowest BCUT2D eigenvalue weighted by atomic mass is 10.2. The Morgan fingerprint density at radius 2 is 1.96 bits per heavy atom. The zero-order chi connectivity index (χ0) is 16.2. The van der Waals surface area contributed by atoms with Gasteiger partial charge in [0.2, 0.25) is 5.95 Å². The number of rotatable bonds is 4. The van der Waals surface area contributed by atoms with Crippen molar-refractivity contribution in [2.24, 2.45) is 0 Å². The minimum Gasteiger partial charge on any atom is -0.508 e. The number of nitrogens with zero attached hydrogens (tertiary/aromatic N) is 1. The van der Waals surface area contributed by atoms with Crippen LogP contribution in [0.3, 0.4) is 0 Å². The number of phenolic OH excluding ortho intramolecular Hbond substituents is 1. The van der Waals surface area contributed by atoms with Gasteiger partial charge in [0, 0.05) is 18.0 Å². The molecule has 2 aromatic heterocycles. The number of halogens is 1. The zero-order valence-corrected chi connectivity index (χ0v) is 12.5. The first-order valence-corrected chi connectivity index (χ1v) is 7.07. The van der Waals surface area contributed by atoms with Crippen LogP contribution < -0.4 is 5.32 Å². The zero-order valence-electron chi connectivity index (χ0n) is 12.5. The Bertz CT molecular complexity index is 897. The highest BCUT2D eigenvalue weighted by Crippen LogP contribution is 2.24. The van der Waals surface area contributed by atoms with E-state index in [1.54, 1.807) is 61.7 Å². The molecule has 2 heterocycles. The number of pyridine rings is 1. The first-order chi connectivity index (χ1) is 11.2. The molecule has 0 bridgehead atoms. The molecule has 2 N–H and O–H groups in total. The third-order valence-electron chi connectivity index (χ3n) is 3.30. The second-order valence-corrected chi connectivity index (χ2v) is 4.92. The van der Waals surface area contributed by atoms with E-state index in [9.17, 15) is 9.50 Å². The number of benzene rings is 1. The molecule has 5 heteroatoms. The van der Waals surface area contributed by atoms with Gasteiger partial charge in [-0.25, -0.2) is 4.98 Å². The lowest BCUT2D eigenvalue weighted by molar-refractivity contribution is 0.476. The van der Waals surface area contributed by atoms with Crippen LogP contribution in [0.4, 0.5) is 10.2 Å². The van der Waals surface area contributed by atoms with Crippen LogP contribution in [0.1, 0.15) is 11.3 Å². The van der Waals surface area contributed by atoms with Crippen LogP contribution in [-0.4, -0.2) is 17.1 Å². The summed E-state index contributed by atoms with van der Waals surface area (Å²) in [6, 6.07) is 10.1. The summed E-state index contributed by atoms with van der Waals surface area (Å²) >= 11 is 0. The molecular weight excluding hydrogens is 295 g/mol. The Morgan fingerprint density at radius 3 is 2.74 bits per heavy atom. The summed E-state index contributed by atoms with van der Waals surface area (Å²) in [7, 11) is 1.69. The van der Waals surface area contributed by atoms with Gasteiger partial charge in [-0.3, -0.25) is 0 Å². The smallest absolute Gasteiger partial charge is 0.222 e. The molecule has 0 amide bonds. The molecule has 1 aromatic carbocycles. The number of aromatic hydroxyl groups is 1. The Kier molecular flexibility index (Phi) is 4.10. The summed E-state index contributed by atoms with van der Waals surface area (Å²) in [5.74, 6) is 0.808. The largest absolute Gasteiger partial charge is 0.508 e. The van der Waals surface area contributed by atoms with Crippen LogP contribution in [0.25, 0.3) is 23.1 Å². The number of aromatic nitrogens is 1. The number of nitrogens with one attached hydrogen (secondary N) is 1. The topological polar surface area (TPSA) is 58.3 Å². The van der Waals surface area contributed by atoms with Gasteiger partial charge < -0.3 is 14.8 Å². The van der Waals surface area contributed by atoms with E-state index >= 15 is 0 Å². The van der Waals surface area contributed by atoms with E-state index in [1.165, 1.54) is 0 Å². The molecule has 0 aliphatic carbocycles. The molecule has 23 heavy (non-hydrogen) atoms. The van der Waals surface area contributed by atoms with Gasteiger partial charge in [-0.1, -0.05) is 18.2 Å². The molecule has 0 aliphatic rings. The molecule has 3 rings (SSSR count). The van der Waals surface area contributed by atoms with Crippen molar-refractivity contribution in [2.75, 3.05) is 12.4 Å². The number of furan rings is 1. The van der Waals surface area contributed by atoms with Crippen molar-refractivity contribution in [1.29, 1.82) is 0 Å². The third-order valence-corrected chi connectivity index (χ3v) is 3.30. The van der Waals surface area contributed by atoms with Gasteiger partial charge in [-0.05, 0) is 42.5 Å². The molecule has 3 aromatic rings. The third kappa shape index (κ3) is 3.40. The molecule has 0 unspecified atom stereocenters. The standard InChI is InChI=1S/C18H15FN2O2/c1-20-17-9-6-12(18(19)21-17)4-2-3-5-15-11-13-10-14(22)7-8-16(13)23-15/h2-11,22H,1H3,(H,20,21). The molecule has 0 aliphatic heterocycles. The quantitative estimate of drug-likeness (QED) is 0.552. The number of hydrogen-bond acceptors (Lipinski definition) is 4. The van der Waals surface area contributed by atoms with Gasteiger partial charge in [-0.2, -0.15) is 4.39 Å². The van der Waals surface area contributed by atoms with Crippen molar-refractivity contribution in [3.05, 3.63) is 65.8 Å². The van der Waals surface area contributed by atoms with Crippen LogP contribution in [0.5, 0.6) is 5.75 Å². The molecule has 0 saturated carbocycles. The molecule has 0 saturated heterocycles. The Morgan fingerprint density at radius 1 is 1.13 bits per heavy atom. The van der Waals surface area contributed by atoms with Crippen LogP contribution in [-0.2, 0) is 0 Å². The Balaban J connectivity index is 1.74. The lowest BCUT2D eigenvalue weighted by Gasteiger charge is -2.00. The fraction of sp³-hybridized carbons (Fsp3) is 0.0556. The average molecular weight is 310 g/mol. The molecule has 0 fully saturated rings. The Labute approximate surface area is 132 Å². The number of hydrogen-bond donors (Lipinski definition) is 2. The van der Waals surface area contributed by atoms with Crippen LogP contribution >= 0.6 is 0 Å². The summed E-state index contributed by atoms with van der Waals surface area (Å²) in [6.07, 6.45) is 6.86. The van der Waals surface area contributed by atoms with E-state index in [0.29, 0.717) is 22.7 Å². The van der Waals surface area contributed by atoms with Gasteiger partial charge >= 0.3 is 0 Å². The molecule has 0 spiro atoms. The molecule has 4 nitrogen and oxygen atoms in total. The van der Waals surface area contributed by atoms with Crippen molar-refractivity contribution in [3.63, 3.8) is 0 Å². The van der Waals surface area contributed by atoms with E-state index in [1.807, 2.05) is 6.07 Å². The van der Waals surface area contributed by atoms with E-state index in [4.69, 9.17) is 4.42 Å². The minimum atomic E-state index is -0.527. The van der Waals surface area contributed by atoms with Crippen molar-refractivity contribution in [2.45, 2.75) is 0 Å². The van der Waals surface area contributed by atoms with Crippen molar-refractivity contribution in [1.82, 2.24) is 4.98 Å². The summed E-state index contributed by atoms with van der Waals surface area (Å²) < 4.78 is 19.3. The number of anilines is 1. The number of phenols is 1. The second kappa shape index (κ2) is 6.36. The van der Waals surface area contributed by atoms with Crippen LogP contribution in [0.2, 0.25) is 0 Å².